The Morgan fingerprint density at radius 3 is 1.77 bits per heavy atom. The van der Waals surface area contributed by atoms with E-state index in [1.165, 1.54) is 41.2 Å². The van der Waals surface area contributed by atoms with Crippen LogP contribution in [0.2, 0.25) is 0 Å². The van der Waals surface area contributed by atoms with Gasteiger partial charge in [-0.25, -0.2) is 29.4 Å². The molecule has 0 spiro atoms. The third kappa shape index (κ3) is 17.7. The Hall–Kier alpha value is -9.06. The lowest BCUT2D eigenvalue weighted by Crippen LogP contribution is -2.38. The number of anilines is 2. The maximum atomic E-state index is 14.9. The van der Waals surface area contributed by atoms with Crippen molar-refractivity contribution in [3.63, 3.8) is 0 Å². The van der Waals surface area contributed by atoms with Crippen molar-refractivity contribution in [2.24, 2.45) is 5.92 Å². The van der Waals surface area contributed by atoms with E-state index in [0.29, 0.717) is 28.2 Å². The van der Waals surface area contributed by atoms with Gasteiger partial charge in [0, 0.05) is 54.6 Å². The van der Waals surface area contributed by atoms with Crippen LogP contribution in [0, 0.1) is 24.2 Å². The molecule has 5 aromatic heterocycles. The van der Waals surface area contributed by atoms with E-state index in [1.54, 1.807) is 63.0 Å². The summed E-state index contributed by atoms with van der Waals surface area (Å²) in [5.41, 5.74) is -0.123. The number of ether oxygens (including phenoxy) is 6. The molecule has 0 saturated carbocycles. The monoisotopic (exact) mass is 1530 g/mol. The number of nitrogens with one attached hydrogen (secondary N) is 4. The number of amides is 2. The van der Waals surface area contributed by atoms with Crippen molar-refractivity contribution >= 4 is 70.9 Å². The summed E-state index contributed by atoms with van der Waals surface area (Å²) in [4.78, 5) is 93.0. The van der Waals surface area contributed by atoms with Gasteiger partial charge < -0.3 is 60.9 Å². The van der Waals surface area contributed by atoms with Gasteiger partial charge in [0.25, 0.3) is 25.6 Å². The van der Waals surface area contributed by atoms with Gasteiger partial charge in [-0.15, -0.1) is 0 Å². The SMILES string of the molecule is COc1ccc(C(OC[C@H]2O[C@@H](n3cnc4c(NC(=O)c5ccccc5)ncnc43)C[C@@H]2O[PH](=O)OC[C@H]2O[C@@H](n3cnc4c(=O)[nH]c(NC(=O)C(C)C)nc43)C[C@@H]2O[PH](=O)OC[C@H]2O[C@@H](n3cc(C)c(=O)[nH]c3=O)C[C@@H]2OP(OCCC#N)N(C(C)C)C(C)C)(c2ccccc2)c2ccc(OC)cc2)cc1. The van der Waals surface area contributed by atoms with Crippen LogP contribution < -0.4 is 36.9 Å². The van der Waals surface area contributed by atoms with Gasteiger partial charge in [-0.1, -0.05) is 86.6 Å². The minimum atomic E-state index is -3.64. The number of methoxy groups -OCH3 is 2. The van der Waals surface area contributed by atoms with E-state index in [9.17, 15) is 38.4 Å². The number of carbonyl (C=O) groups is 2. The summed E-state index contributed by atoms with van der Waals surface area (Å²) in [6.45, 7) is 11.6. The van der Waals surface area contributed by atoms with Gasteiger partial charge in [0.1, 0.15) is 60.4 Å². The Labute approximate surface area is 616 Å². The number of H-pyrrole nitrogens is 2. The molecule has 2 amide bonds. The second-order valence-corrected chi connectivity index (χ2v) is 29.7. The molecule has 0 aliphatic carbocycles. The summed E-state index contributed by atoms with van der Waals surface area (Å²) >= 11 is 0. The van der Waals surface area contributed by atoms with E-state index in [2.05, 4.69) is 51.6 Å². The van der Waals surface area contributed by atoms with Gasteiger partial charge in [0.15, 0.2) is 28.1 Å². The Balaban J connectivity index is 0.837. The molecule has 36 heteroatoms. The highest BCUT2D eigenvalue weighted by molar-refractivity contribution is 7.44. The molecule has 9 aromatic rings. The first kappa shape index (κ1) is 77.6. The summed E-state index contributed by atoms with van der Waals surface area (Å²) in [5.74, 6) is -0.150. The standard InChI is InChI=1S/C71H83N14O19P3/c1-41(2)65(86)79-69-78-64-61(68(89)80-69)76-40-84(64)59-33-53(104-107(92)97-36-55-51(31-57(100-55)82-34-44(7)66(87)81-70(82)90)102-105(96-30-16-29-72)85(42(3)4)43(5)6)56(101-59)37-98-106(91)103-52-32-58(83-39-75-60-62(73-38-74-63(60)83)77-67(88)45-17-12-10-13-18-45)99-54(52)35-95-71(46-19-14-11-15-20-46,47-21-25-49(93-8)26-22-47)48-23-27-50(94-9)28-24-48/h10-15,17-28,34,38-43,51-59,106-107H,16,30-33,35-37H2,1-9H3,(H,81,87,90)(H,73,74,77,88)(H2,78,79,80,86,89)/t51-,52-,53-,54+,55+,56+,57+,58+,59+,105?/m0/s1. The normalized spacial score (nSPS) is 21.2. The number of nitrogens with zero attached hydrogens (tertiary/aromatic N) is 10. The first-order valence-electron chi connectivity index (χ1n) is 34.6. The summed E-state index contributed by atoms with van der Waals surface area (Å²) in [6.07, 6.45) is -4.01. The van der Waals surface area contributed by atoms with Crippen LogP contribution in [0.15, 0.2) is 149 Å². The molecule has 3 aliphatic heterocycles. The molecule has 3 unspecified atom stereocenters. The van der Waals surface area contributed by atoms with Gasteiger partial charge in [-0.05, 0) is 87.7 Å². The molecule has 12 atom stereocenters. The lowest BCUT2D eigenvalue weighted by molar-refractivity contribution is -0.118. The number of benzene rings is 4. The van der Waals surface area contributed by atoms with E-state index in [4.69, 9.17) is 55.6 Å². The van der Waals surface area contributed by atoms with Crippen LogP contribution >= 0.6 is 25.0 Å². The van der Waals surface area contributed by atoms with Crippen LogP contribution in [0.4, 0.5) is 11.8 Å². The Morgan fingerprint density at radius 2 is 1.20 bits per heavy atom. The number of aromatic nitrogens is 10. The van der Waals surface area contributed by atoms with Gasteiger partial charge >= 0.3 is 22.2 Å². The van der Waals surface area contributed by atoms with Gasteiger partial charge in [-0.3, -0.25) is 57.3 Å². The Bertz CT molecular complexity index is 4790. The van der Waals surface area contributed by atoms with Crippen LogP contribution in [0.25, 0.3) is 22.3 Å². The van der Waals surface area contributed by atoms with Crippen molar-refractivity contribution in [1.82, 2.24) is 53.3 Å². The van der Waals surface area contributed by atoms with Crippen LogP contribution in [0.5, 0.6) is 11.5 Å². The Kier molecular flexibility index (Phi) is 25.3. The van der Waals surface area contributed by atoms with E-state index >= 15 is 0 Å². The number of hydrogen-bond donors (Lipinski definition) is 4. The molecule has 0 radical (unpaired) electrons. The van der Waals surface area contributed by atoms with E-state index in [-0.39, 0.29) is 90.6 Å². The number of aryl methyl sites for hydroxylation is 1. The van der Waals surface area contributed by atoms with Crippen LogP contribution in [-0.2, 0) is 65.6 Å². The lowest BCUT2D eigenvalue weighted by Gasteiger charge is -2.37. The fourth-order valence-electron chi connectivity index (χ4n) is 12.9. The topological polar surface area (TPSA) is 392 Å². The first-order valence-corrected chi connectivity index (χ1v) is 38.2. The lowest BCUT2D eigenvalue weighted by atomic mass is 9.80. The van der Waals surface area contributed by atoms with Crippen molar-refractivity contribution in [3.05, 3.63) is 193 Å². The maximum absolute atomic E-state index is 14.9. The molecule has 4 aromatic carbocycles. The average molecular weight is 1530 g/mol. The van der Waals surface area contributed by atoms with Crippen LogP contribution in [-0.4, -0.2) is 154 Å². The zero-order valence-electron chi connectivity index (χ0n) is 60.0. The number of carbonyl (C=O) groups excluding carboxylic acids is 2. The van der Waals surface area contributed by atoms with Gasteiger partial charge in [0.2, 0.25) is 11.9 Å². The molecule has 33 nitrogen and oxygen atoms in total. The third-order valence-electron chi connectivity index (χ3n) is 18.2. The molecular weight excluding hydrogens is 1450 g/mol. The summed E-state index contributed by atoms with van der Waals surface area (Å²) < 4.78 is 112. The first-order chi connectivity index (χ1) is 51.6. The van der Waals surface area contributed by atoms with Crippen molar-refractivity contribution in [1.29, 1.82) is 5.26 Å². The zero-order valence-corrected chi connectivity index (χ0v) is 62.9. The average Bonchev–Trinajstić information content (AvgIpc) is 1.06. The quantitative estimate of drug-likeness (QED) is 0.0169. The highest BCUT2D eigenvalue weighted by atomic mass is 31.2. The summed E-state index contributed by atoms with van der Waals surface area (Å²) in [5, 5.41) is 14.9. The second kappa shape index (κ2) is 34.9. The van der Waals surface area contributed by atoms with Crippen LogP contribution in [0.1, 0.15) is 119 Å². The van der Waals surface area contributed by atoms with Gasteiger partial charge in [-0.2, -0.15) is 10.2 Å². The predicted octanol–water partition coefficient (Wildman–Crippen LogP) is 9.80. The van der Waals surface area contributed by atoms with E-state index in [0.717, 1.165) is 5.56 Å². The van der Waals surface area contributed by atoms with Gasteiger partial charge in [0.05, 0.1) is 84.1 Å². The molecule has 8 heterocycles. The molecule has 12 rings (SSSR count). The molecule has 566 valence electrons. The molecule has 4 N–H and O–H groups in total. The predicted molar refractivity (Wildman–Crippen MR) is 391 cm³/mol. The fourth-order valence-corrected chi connectivity index (χ4v) is 16.4. The molecule has 3 fully saturated rings. The zero-order chi connectivity index (χ0) is 75.6. The van der Waals surface area contributed by atoms with Crippen molar-refractivity contribution in [2.45, 2.75) is 147 Å². The summed E-state index contributed by atoms with van der Waals surface area (Å²) in [7, 11) is -6.00. The summed E-state index contributed by atoms with van der Waals surface area (Å²) in [6, 6.07) is 35.0. The Morgan fingerprint density at radius 1 is 0.664 bits per heavy atom. The minimum absolute atomic E-state index is 0.00405. The molecular formula is C71H83N14O19P3. The second-order valence-electron chi connectivity index (χ2n) is 26.3. The van der Waals surface area contributed by atoms with Crippen molar-refractivity contribution in [3.8, 4) is 17.6 Å². The molecule has 0 bridgehead atoms. The fraction of sp³-hybridized carbons (Fsp3) is 0.423. The van der Waals surface area contributed by atoms with E-state index < -0.39 is 134 Å². The maximum Gasteiger partial charge on any atom is 0.330 e. The molecule has 3 saturated heterocycles. The van der Waals surface area contributed by atoms with E-state index in [1.807, 2.05) is 111 Å². The van der Waals surface area contributed by atoms with Crippen LogP contribution in [0.3, 0.4) is 0 Å². The number of hydrogen-bond acceptors (Lipinski definition) is 26. The number of imidazole rings is 2. The number of nitriles is 1. The minimum Gasteiger partial charge on any atom is -0.497 e. The third-order valence-corrected chi connectivity index (χ3v) is 22.1. The highest BCUT2D eigenvalue weighted by Crippen LogP contribution is 2.51. The largest absolute Gasteiger partial charge is 0.497 e. The molecule has 107 heavy (non-hydrogen) atoms. The number of aromatic amines is 2. The van der Waals surface area contributed by atoms with Crippen molar-refractivity contribution < 1.29 is 74.3 Å². The number of rotatable bonds is 33. The highest BCUT2D eigenvalue weighted by Gasteiger charge is 2.47. The smallest absolute Gasteiger partial charge is 0.330 e. The molecule has 3 aliphatic rings. The van der Waals surface area contributed by atoms with Crippen molar-refractivity contribution in [2.75, 3.05) is 51.3 Å². The number of fused-ring (bicyclic) bond motifs is 2.